The number of rotatable bonds is 3. The molecule has 1 atom stereocenters. The Bertz CT molecular complexity index is 345. The number of nitrogens with zero attached hydrogens (tertiary/aromatic N) is 2. The average Bonchev–Trinajstić information content (AvgIpc) is 2.32. The van der Waals surface area contributed by atoms with Crippen molar-refractivity contribution in [2.45, 2.75) is 32.3 Å². The second kappa shape index (κ2) is 5.77. The number of likely N-dealkylation sites (tertiary alicyclic amines) is 2. The Kier molecular flexibility index (Phi) is 4.29. The van der Waals surface area contributed by atoms with Gasteiger partial charge in [0, 0.05) is 32.1 Å². The van der Waals surface area contributed by atoms with Crippen molar-refractivity contribution < 1.29 is 19.8 Å². The van der Waals surface area contributed by atoms with Crippen LogP contribution < -0.4 is 0 Å². The number of carboxylic acids is 1. The monoisotopic (exact) mass is 270 g/mol. The van der Waals surface area contributed by atoms with E-state index in [4.69, 9.17) is 5.11 Å². The standard InChI is InChI=1S/C13H22N2O4/c1-9(16)11-2-4-14(5-3-11)13(19)15-7-10(8-15)6-12(17)18/h9-11,16H,2-8H2,1H3,(H,17,18). The predicted molar refractivity (Wildman–Crippen MR) is 68.7 cm³/mol. The smallest absolute Gasteiger partial charge is 0.320 e. The summed E-state index contributed by atoms with van der Waals surface area (Å²) in [7, 11) is 0. The zero-order valence-corrected chi connectivity index (χ0v) is 11.3. The van der Waals surface area contributed by atoms with E-state index >= 15 is 0 Å². The summed E-state index contributed by atoms with van der Waals surface area (Å²) in [6.45, 7) is 4.29. The maximum Gasteiger partial charge on any atom is 0.320 e. The molecule has 0 spiro atoms. The van der Waals surface area contributed by atoms with Crippen LogP contribution in [0.4, 0.5) is 4.79 Å². The van der Waals surface area contributed by atoms with E-state index in [1.54, 1.807) is 11.8 Å². The summed E-state index contributed by atoms with van der Waals surface area (Å²) >= 11 is 0. The number of amides is 2. The quantitative estimate of drug-likeness (QED) is 0.787. The lowest BCUT2D eigenvalue weighted by Crippen LogP contribution is -2.56. The summed E-state index contributed by atoms with van der Waals surface area (Å²) in [6.07, 6.45) is 1.53. The van der Waals surface area contributed by atoms with Crippen LogP contribution in [-0.2, 0) is 4.79 Å². The summed E-state index contributed by atoms with van der Waals surface area (Å²) in [6, 6.07) is 0.0191. The van der Waals surface area contributed by atoms with Crippen LogP contribution in [0.5, 0.6) is 0 Å². The largest absolute Gasteiger partial charge is 0.481 e. The first-order chi connectivity index (χ1) is 8.97. The second-order valence-corrected chi connectivity index (χ2v) is 5.72. The molecule has 0 aromatic heterocycles. The Morgan fingerprint density at radius 3 is 2.26 bits per heavy atom. The number of piperidine rings is 1. The van der Waals surface area contributed by atoms with Gasteiger partial charge in [-0.1, -0.05) is 0 Å². The maximum atomic E-state index is 12.1. The normalized spacial score (nSPS) is 23.1. The zero-order chi connectivity index (χ0) is 14.0. The summed E-state index contributed by atoms with van der Waals surface area (Å²) < 4.78 is 0. The molecule has 0 bridgehead atoms. The molecule has 2 aliphatic heterocycles. The molecule has 0 aromatic rings. The molecule has 2 N–H and O–H groups in total. The number of aliphatic hydroxyl groups is 1. The van der Waals surface area contributed by atoms with Gasteiger partial charge in [-0.25, -0.2) is 4.79 Å². The van der Waals surface area contributed by atoms with Gasteiger partial charge in [0.15, 0.2) is 0 Å². The number of hydrogen-bond acceptors (Lipinski definition) is 3. The van der Waals surface area contributed by atoms with Gasteiger partial charge in [-0.15, -0.1) is 0 Å². The van der Waals surface area contributed by atoms with Gasteiger partial charge >= 0.3 is 12.0 Å². The molecule has 2 fully saturated rings. The lowest BCUT2D eigenvalue weighted by molar-refractivity contribution is -0.139. The average molecular weight is 270 g/mol. The summed E-state index contributed by atoms with van der Waals surface area (Å²) in [5, 5.41) is 18.2. The van der Waals surface area contributed by atoms with Gasteiger partial charge in [0.05, 0.1) is 12.5 Å². The van der Waals surface area contributed by atoms with Crippen LogP contribution in [0.15, 0.2) is 0 Å². The molecule has 1 unspecified atom stereocenters. The van der Waals surface area contributed by atoms with E-state index in [1.165, 1.54) is 0 Å². The van der Waals surface area contributed by atoms with Gasteiger partial charge in [0.2, 0.25) is 0 Å². The van der Waals surface area contributed by atoms with Crippen molar-refractivity contribution in [2.24, 2.45) is 11.8 Å². The molecule has 0 saturated carbocycles. The van der Waals surface area contributed by atoms with Crippen molar-refractivity contribution in [2.75, 3.05) is 26.2 Å². The van der Waals surface area contributed by atoms with Crippen LogP contribution in [0.3, 0.4) is 0 Å². The molecule has 2 aliphatic rings. The van der Waals surface area contributed by atoms with E-state index in [1.807, 2.05) is 4.90 Å². The molecule has 2 heterocycles. The Balaban J connectivity index is 1.73. The Labute approximate surface area is 113 Å². The van der Waals surface area contributed by atoms with Gasteiger partial charge in [-0.3, -0.25) is 4.79 Å². The molecule has 6 heteroatoms. The van der Waals surface area contributed by atoms with Gasteiger partial charge in [-0.2, -0.15) is 0 Å². The highest BCUT2D eigenvalue weighted by Gasteiger charge is 2.35. The van der Waals surface area contributed by atoms with Crippen LogP contribution >= 0.6 is 0 Å². The Hall–Kier alpha value is -1.30. The molecule has 0 aromatic carbocycles. The zero-order valence-electron chi connectivity index (χ0n) is 11.3. The molecule has 0 radical (unpaired) electrons. The lowest BCUT2D eigenvalue weighted by atomic mass is 9.92. The highest BCUT2D eigenvalue weighted by Crippen LogP contribution is 2.25. The van der Waals surface area contributed by atoms with E-state index in [2.05, 4.69) is 0 Å². The van der Waals surface area contributed by atoms with E-state index < -0.39 is 5.97 Å². The fourth-order valence-electron chi connectivity index (χ4n) is 2.88. The number of aliphatic carboxylic acids is 1. The fourth-order valence-corrected chi connectivity index (χ4v) is 2.88. The van der Waals surface area contributed by atoms with Crippen LogP contribution in [0.1, 0.15) is 26.2 Å². The van der Waals surface area contributed by atoms with Crippen molar-refractivity contribution in [1.82, 2.24) is 9.80 Å². The van der Waals surface area contributed by atoms with Gasteiger partial charge in [-0.05, 0) is 25.7 Å². The molecule has 19 heavy (non-hydrogen) atoms. The molecular weight excluding hydrogens is 248 g/mol. The molecule has 2 amide bonds. The summed E-state index contributed by atoms with van der Waals surface area (Å²) in [5.41, 5.74) is 0. The van der Waals surface area contributed by atoms with E-state index in [-0.39, 0.29) is 24.5 Å². The van der Waals surface area contributed by atoms with Gasteiger partial charge < -0.3 is 20.0 Å². The topological polar surface area (TPSA) is 81.1 Å². The number of carbonyl (C=O) groups excluding carboxylic acids is 1. The number of aliphatic hydroxyl groups excluding tert-OH is 1. The van der Waals surface area contributed by atoms with Crippen molar-refractivity contribution in [1.29, 1.82) is 0 Å². The molecule has 2 rings (SSSR count). The predicted octanol–water partition coefficient (Wildman–Crippen LogP) is 0.606. The summed E-state index contributed by atoms with van der Waals surface area (Å²) in [4.78, 5) is 26.2. The Morgan fingerprint density at radius 1 is 1.21 bits per heavy atom. The van der Waals surface area contributed by atoms with E-state index in [9.17, 15) is 14.7 Å². The number of urea groups is 1. The van der Waals surface area contributed by atoms with E-state index in [0.717, 1.165) is 12.8 Å². The van der Waals surface area contributed by atoms with Gasteiger partial charge in [0.25, 0.3) is 0 Å². The van der Waals surface area contributed by atoms with Crippen molar-refractivity contribution in [3.63, 3.8) is 0 Å². The third-order valence-corrected chi connectivity index (χ3v) is 4.18. The minimum Gasteiger partial charge on any atom is -0.481 e. The van der Waals surface area contributed by atoms with Crippen molar-refractivity contribution in [3.8, 4) is 0 Å². The minimum absolute atomic E-state index is 0.0191. The van der Waals surface area contributed by atoms with Crippen LogP contribution in [0, 0.1) is 11.8 Å². The fraction of sp³-hybridized carbons (Fsp3) is 0.846. The third-order valence-electron chi connectivity index (χ3n) is 4.18. The Morgan fingerprint density at radius 2 is 1.79 bits per heavy atom. The highest BCUT2D eigenvalue weighted by molar-refractivity contribution is 5.76. The maximum absolute atomic E-state index is 12.1. The highest BCUT2D eigenvalue weighted by atomic mass is 16.4. The van der Waals surface area contributed by atoms with Crippen LogP contribution in [0.25, 0.3) is 0 Å². The van der Waals surface area contributed by atoms with Crippen molar-refractivity contribution >= 4 is 12.0 Å². The van der Waals surface area contributed by atoms with Crippen molar-refractivity contribution in [3.05, 3.63) is 0 Å². The molecule has 2 saturated heterocycles. The van der Waals surface area contributed by atoms with Crippen LogP contribution in [-0.4, -0.2) is 64.3 Å². The second-order valence-electron chi connectivity index (χ2n) is 5.72. The first kappa shape index (κ1) is 14.1. The summed E-state index contributed by atoms with van der Waals surface area (Å²) in [5.74, 6) is -0.397. The SMILES string of the molecule is CC(O)C1CCN(C(=O)N2CC(CC(=O)O)C2)CC1. The molecule has 108 valence electrons. The van der Waals surface area contributed by atoms with E-state index in [0.29, 0.717) is 32.1 Å². The first-order valence-corrected chi connectivity index (χ1v) is 6.91. The number of hydrogen-bond donors (Lipinski definition) is 2. The van der Waals surface area contributed by atoms with Crippen LogP contribution in [0.2, 0.25) is 0 Å². The third kappa shape index (κ3) is 3.37. The lowest BCUT2D eigenvalue weighted by Gasteiger charge is -2.43. The molecular formula is C13H22N2O4. The molecule has 6 nitrogen and oxygen atoms in total. The number of carboxylic acid groups (broad SMARTS) is 1. The minimum atomic E-state index is -0.796. The number of carbonyl (C=O) groups is 2. The first-order valence-electron chi connectivity index (χ1n) is 6.91. The van der Waals surface area contributed by atoms with Gasteiger partial charge in [0.1, 0.15) is 0 Å². The molecule has 0 aliphatic carbocycles.